The van der Waals surface area contributed by atoms with Crippen molar-refractivity contribution in [2.75, 3.05) is 26.2 Å². The van der Waals surface area contributed by atoms with Gasteiger partial charge in [-0.1, -0.05) is 37.3 Å². The fourth-order valence-electron chi connectivity index (χ4n) is 5.51. The van der Waals surface area contributed by atoms with Gasteiger partial charge in [-0.3, -0.25) is 4.79 Å². The molecule has 1 amide bonds. The summed E-state index contributed by atoms with van der Waals surface area (Å²) in [5.74, 6) is 0.609. The average Bonchev–Trinajstić information content (AvgIpc) is 3.31. The number of fused-ring (bicyclic) bond motifs is 1. The highest BCUT2D eigenvalue weighted by molar-refractivity contribution is 7.89. The van der Waals surface area contributed by atoms with Crippen molar-refractivity contribution in [1.29, 1.82) is 0 Å². The van der Waals surface area contributed by atoms with Gasteiger partial charge in [-0.05, 0) is 67.5 Å². The second kappa shape index (κ2) is 10.3. The molecule has 3 aromatic rings. The first-order valence-electron chi connectivity index (χ1n) is 13.0. The standard InChI is InChI=1S/C28H35N3O4S2/c1-18-15-19(2)17-31(16-18)37(33,34)24-9-7-22(8-10-24)27(32)30-13-11-23(12-14-30)35-28-29-25-20(3)5-6-21(4)26(25)36-28/h5-10,18-19,23H,11-17H2,1-4H3. The fraction of sp³-hybridized carbons (Fsp3) is 0.500. The van der Waals surface area contributed by atoms with Gasteiger partial charge in [0.05, 0.1) is 15.1 Å². The summed E-state index contributed by atoms with van der Waals surface area (Å²) in [5.41, 5.74) is 3.86. The number of nitrogens with zero attached hydrogens (tertiary/aromatic N) is 3. The van der Waals surface area contributed by atoms with Crippen LogP contribution >= 0.6 is 11.3 Å². The van der Waals surface area contributed by atoms with Gasteiger partial charge in [-0.2, -0.15) is 4.31 Å². The zero-order valence-electron chi connectivity index (χ0n) is 21.9. The predicted octanol–water partition coefficient (Wildman–Crippen LogP) is 5.26. The number of hydrogen-bond donors (Lipinski definition) is 0. The van der Waals surface area contributed by atoms with E-state index in [-0.39, 0.29) is 16.9 Å². The van der Waals surface area contributed by atoms with E-state index in [0.717, 1.165) is 35.0 Å². The van der Waals surface area contributed by atoms with Gasteiger partial charge in [-0.15, -0.1) is 0 Å². The van der Waals surface area contributed by atoms with Gasteiger partial charge in [-0.25, -0.2) is 13.4 Å². The van der Waals surface area contributed by atoms with E-state index >= 15 is 0 Å². The van der Waals surface area contributed by atoms with Gasteiger partial charge in [0.1, 0.15) is 6.10 Å². The van der Waals surface area contributed by atoms with Crippen LogP contribution in [0.1, 0.15) is 54.6 Å². The van der Waals surface area contributed by atoms with E-state index in [4.69, 9.17) is 9.72 Å². The summed E-state index contributed by atoms with van der Waals surface area (Å²) < 4.78 is 35.3. The van der Waals surface area contributed by atoms with Crippen molar-refractivity contribution < 1.29 is 17.9 Å². The highest BCUT2D eigenvalue weighted by Gasteiger charge is 2.32. The van der Waals surface area contributed by atoms with Crippen LogP contribution in [0.5, 0.6) is 5.19 Å². The minimum atomic E-state index is -3.56. The van der Waals surface area contributed by atoms with Crippen LogP contribution in [0.4, 0.5) is 0 Å². The number of amides is 1. The minimum Gasteiger partial charge on any atom is -0.467 e. The lowest BCUT2D eigenvalue weighted by atomic mass is 9.94. The normalized spacial score (nSPS) is 21.9. The largest absolute Gasteiger partial charge is 0.467 e. The third-order valence-electron chi connectivity index (χ3n) is 7.49. The van der Waals surface area contributed by atoms with Gasteiger partial charge in [0, 0.05) is 44.6 Å². The summed E-state index contributed by atoms with van der Waals surface area (Å²) >= 11 is 1.58. The van der Waals surface area contributed by atoms with Gasteiger partial charge in [0.15, 0.2) is 0 Å². The summed E-state index contributed by atoms with van der Waals surface area (Å²) in [4.78, 5) is 19.9. The van der Waals surface area contributed by atoms with Gasteiger partial charge in [0.2, 0.25) is 10.0 Å². The molecular weight excluding hydrogens is 506 g/mol. The smallest absolute Gasteiger partial charge is 0.274 e. The average molecular weight is 542 g/mol. The SMILES string of the molecule is Cc1ccc(C)c2sc(OC3CCN(C(=O)c4ccc(S(=O)(=O)N5CC(C)CC(C)C5)cc4)CC3)nc12. The summed E-state index contributed by atoms with van der Waals surface area (Å²) in [6.45, 7) is 10.6. The highest BCUT2D eigenvalue weighted by atomic mass is 32.2. The molecule has 0 saturated carbocycles. The van der Waals surface area contributed by atoms with Crippen LogP contribution in [0.15, 0.2) is 41.3 Å². The maximum Gasteiger partial charge on any atom is 0.274 e. The molecule has 1 aromatic heterocycles. The molecule has 0 radical (unpaired) electrons. The topological polar surface area (TPSA) is 79.8 Å². The third-order valence-corrected chi connectivity index (χ3v) is 10.4. The number of hydrogen-bond acceptors (Lipinski definition) is 6. The Hall–Kier alpha value is -2.49. The molecule has 198 valence electrons. The molecular formula is C28H35N3O4S2. The third kappa shape index (κ3) is 5.40. The maximum absolute atomic E-state index is 13.2. The zero-order chi connectivity index (χ0) is 26.3. The number of carbonyl (C=O) groups excluding carboxylic acids is 1. The molecule has 7 nitrogen and oxygen atoms in total. The van der Waals surface area contributed by atoms with E-state index in [0.29, 0.717) is 48.8 Å². The Kier molecular flexibility index (Phi) is 7.31. The predicted molar refractivity (Wildman–Crippen MR) is 147 cm³/mol. The number of sulfonamides is 1. The van der Waals surface area contributed by atoms with E-state index in [1.165, 1.54) is 5.56 Å². The second-order valence-electron chi connectivity index (χ2n) is 10.8. The van der Waals surface area contributed by atoms with Crippen LogP contribution in [0.3, 0.4) is 0 Å². The summed E-state index contributed by atoms with van der Waals surface area (Å²) in [6, 6.07) is 10.6. The zero-order valence-corrected chi connectivity index (χ0v) is 23.6. The number of benzene rings is 2. The lowest BCUT2D eigenvalue weighted by Gasteiger charge is -2.34. The van der Waals surface area contributed by atoms with Crippen LogP contribution in [-0.4, -0.2) is 60.8 Å². The first kappa shape index (κ1) is 26.1. The lowest BCUT2D eigenvalue weighted by Crippen LogP contribution is -2.42. The Morgan fingerprint density at radius 1 is 0.973 bits per heavy atom. The van der Waals surface area contributed by atoms with Crippen molar-refractivity contribution in [2.45, 2.75) is 58.0 Å². The Morgan fingerprint density at radius 3 is 2.22 bits per heavy atom. The monoisotopic (exact) mass is 541 g/mol. The molecule has 37 heavy (non-hydrogen) atoms. The Morgan fingerprint density at radius 2 is 1.59 bits per heavy atom. The molecule has 2 aliphatic rings. The summed E-state index contributed by atoms with van der Waals surface area (Å²) in [6.07, 6.45) is 2.53. The van der Waals surface area contributed by atoms with E-state index in [2.05, 4.69) is 39.8 Å². The number of piperidine rings is 2. The fourth-order valence-corrected chi connectivity index (χ4v) is 8.22. The van der Waals surface area contributed by atoms with Gasteiger partial charge >= 0.3 is 0 Å². The number of ether oxygens (including phenoxy) is 1. The molecule has 2 unspecified atom stereocenters. The molecule has 2 aromatic carbocycles. The van der Waals surface area contributed by atoms with Crippen molar-refractivity contribution in [3.8, 4) is 5.19 Å². The minimum absolute atomic E-state index is 0.0204. The molecule has 0 N–H and O–H groups in total. The van der Waals surface area contributed by atoms with E-state index in [1.807, 2.05) is 4.90 Å². The van der Waals surface area contributed by atoms with E-state index < -0.39 is 10.0 Å². The number of thiazole rings is 1. The molecule has 2 fully saturated rings. The Bertz CT molecular complexity index is 1340. The van der Waals surface area contributed by atoms with Crippen LogP contribution in [0, 0.1) is 25.7 Å². The van der Waals surface area contributed by atoms with Crippen molar-refractivity contribution in [3.05, 3.63) is 53.1 Å². The van der Waals surface area contributed by atoms with Crippen molar-refractivity contribution in [3.63, 3.8) is 0 Å². The van der Waals surface area contributed by atoms with Crippen molar-refractivity contribution >= 4 is 37.5 Å². The first-order chi connectivity index (χ1) is 17.6. The second-order valence-corrected chi connectivity index (χ2v) is 13.7. The number of likely N-dealkylation sites (tertiary alicyclic amines) is 1. The van der Waals surface area contributed by atoms with Gasteiger partial charge < -0.3 is 9.64 Å². The highest BCUT2D eigenvalue weighted by Crippen LogP contribution is 2.34. The molecule has 0 bridgehead atoms. The first-order valence-corrected chi connectivity index (χ1v) is 15.3. The Balaban J connectivity index is 1.19. The van der Waals surface area contributed by atoms with Crippen LogP contribution in [-0.2, 0) is 10.0 Å². The molecule has 2 saturated heterocycles. The molecule has 2 aliphatic heterocycles. The number of carbonyl (C=O) groups is 1. The molecule has 0 aliphatic carbocycles. The molecule has 2 atom stereocenters. The van der Waals surface area contributed by atoms with Crippen molar-refractivity contribution in [2.24, 2.45) is 11.8 Å². The van der Waals surface area contributed by atoms with Crippen LogP contribution < -0.4 is 4.74 Å². The van der Waals surface area contributed by atoms with E-state index in [9.17, 15) is 13.2 Å². The quantitative estimate of drug-likeness (QED) is 0.440. The Labute approximate surface area is 223 Å². The molecule has 0 spiro atoms. The summed E-state index contributed by atoms with van der Waals surface area (Å²) in [5, 5.41) is 0.687. The number of rotatable bonds is 5. The summed E-state index contributed by atoms with van der Waals surface area (Å²) in [7, 11) is -3.56. The van der Waals surface area contributed by atoms with Crippen LogP contribution in [0.2, 0.25) is 0 Å². The van der Waals surface area contributed by atoms with Crippen LogP contribution in [0.25, 0.3) is 10.2 Å². The van der Waals surface area contributed by atoms with E-state index in [1.54, 1.807) is 39.9 Å². The number of aryl methyl sites for hydroxylation is 2. The van der Waals surface area contributed by atoms with Gasteiger partial charge in [0.25, 0.3) is 11.1 Å². The van der Waals surface area contributed by atoms with Crippen molar-refractivity contribution in [1.82, 2.24) is 14.2 Å². The lowest BCUT2D eigenvalue weighted by molar-refractivity contribution is 0.0595. The maximum atomic E-state index is 13.2. The molecule has 3 heterocycles. The molecule has 9 heteroatoms. The molecule has 5 rings (SSSR count). The number of aromatic nitrogens is 1.